The quantitative estimate of drug-likeness (QED) is 0.752. The van der Waals surface area contributed by atoms with Gasteiger partial charge < -0.3 is 5.32 Å². The van der Waals surface area contributed by atoms with Gasteiger partial charge in [-0.25, -0.2) is 4.39 Å². The summed E-state index contributed by atoms with van der Waals surface area (Å²) in [4.78, 5) is 1.13. The molecule has 1 aromatic carbocycles. The molecule has 21 heavy (non-hydrogen) atoms. The van der Waals surface area contributed by atoms with Crippen molar-refractivity contribution in [1.29, 1.82) is 0 Å². The Balaban J connectivity index is 2.10. The van der Waals surface area contributed by atoms with Crippen molar-refractivity contribution in [2.24, 2.45) is 0 Å². The van der Waals surface area contributed by atoms with Crippen LogP contribution in [-0.4, -0.2) is 0 Å². The maximum absolute atomic E-state index is 13.2. The van der Waals surface area contributed by atoms with Crippen LogP contribution in [0, 0.1) is 5.82 Å². The second-order valence-electron chi connectivity index (χ2n) is 4.67. The Kier molecular flexibility index (Phi) is 5.00. The van der Waals surface area contributed by atoms with Crippen LogP contribution in [0.3, 0.4) is 0 Å². The summed E-state index contributed by atoms with van der Waals surface area (Å²) in [6.07, 6.45) is -3.84. The smallest absolute Gasteiger partial charge is 0.305 e. The van der Waals surface area contributed by atoms with E-state index in [9.17, 15) is 17.6 Å². The van der Waals surface area contributed by atoms with Gasteiger partial charge in [0.1, 0.15) is 5.82 Å². The van der Waals surface area contributed by atoms with Crippen LogP contribution in [0.5, 0.6) is 0 Å². The molecule has 0 spiro atoms. The normalized spacial score (nSPS) is 13.4. The van der Waals surface area contributed by atoms with Crippen LogP contribution in [0.15, 0.2) is 35.7 Å². The van der Waals surface area contributed by atoms with Crippen LogP contribution in [0.2, 0.25) is 0 Å². The van der Waals surface area contributed by atoms with Gasteiger partial charge in [0, 0.05) is 17.5 Å². The molecule has 1 heterocycles. The molecule has 0 radical (unpaired) electrons. The van der Waals surface area contributed by atoms with Gasteiger partial charge in [-0.2, -0.15) is 13.2 Å². The zero-order valence-corrected chi connectivity index (χ0v) is 12.2. The molecule has 0 bridgehead atoms. The lowest BCUT2D eigenvalue weighted by molar-refractivity contribution is -0.140. The zero-order chi connectivity index (χ0) is 15.5. The lowest BCUT2D eigenvalue weighted by atomic mass is 10.1. The molecule has 0 saturated heterocycles. The van der Waals surface area contributed by atoms with Crippen molar-refractivity contribution < 1.29 is 17.6 Å². The molecule has 0 saturated carbocycles. The predicted octanol–water partition coefficient (Wildman–Crippen LogP) is 5.15. The third kappa shape index (κ3) is 4.04. The fraction of sp³-hybridized carbons (Fsp3) is 0.333. The van der Waals surface area contributed by atoms with E-state index in [0.29, 0.717) is 5.56 Å². The molecule has 1 nitrogen and oxygen atoms in total. The van der Waals surface area contributed by atoms with Gasteiger partial charge in [-0.1, -0.05) is 19.1 Å². The van der Waals surface area contributed by atoms with E-state index < -0.39 is 17.6 Å². The van der Waals surface area contributed by atoms with Crippen LogP contribution in [0.4, 0.5) is 17.6 Å². The molecule has 0 aliphatic carbocycles. The highest BCUT2D eigenvalue weighted by atomic mass is 32.1. The highest BCUT2D eigenvalue weighted by Crippen LogP contribution is 2.32. The highest BCUT2D eigenvalue weighted by Gasteiger charge is 2.34. The van der Waals surface area contributed by atoms with Crippen LogP contribution in [0.1, 0.15) is 35.4 Å². The van der Waals surface area contributed by atoms with Gasteiger partial charge in [0.05, 0.1) is 5.56 Å². The summed E-state index contributed by atoms with van der Waals surface area (Å²) in [5.41, 5.74) is -0.801. The van der Waals surface area contributed by atoms with E-state index in [1.165, 1.54) is 6.07 Å². The van der Waals surface area contributed by atoms with Crippen molar-refractivity contribution >= 4 is 11.3 Å². The van der Waals surface area contributed by atoms with Gasteiger partial charge >= 0.3 is 6.18 Å². The van der Waals surface area contributed by atoms with Gasteiger partial charge in [0.25, 0.3) is 0 Å². The molecule has 1 aromatic heterocycles. The molecule has 1 atom stereocenters. The summed E-state index contributed by atoms with van der Waals surface area (Å²) in [5, 5.41) is 5.16. The summed E-state index contributed by atoms with van der Waals surface area (Å²) in [6.45, 7) is 2.27. The highest BCUT2D eigenvalue weighted by molar-refractivity contribution is 7.10. The Morgan fingerprint density at radius 1 is 1.24 bits per heavy atom. The lowest BCUT2D eigenvalue weighted by Gasteiger charge is -2.16. The average Bonchev–Trinajstić information content (AvgIpc) is 2.94. The van der Waals surface area contributed by atoms with Crippen molar-refractivity contribution in [3.8, 4) is 0 Å². The number of halogens is 4. The molecule has 0 aliphatic heterocycles. The molecule has 2 rings (SSSR count). The van der Waals surface area contributed by atoms with Gasteiger partial charge in [-0.05, 0) is 35.6 Å². The van der Waals surface area contributed by atoms with Crippen molar-refractivity contribution in [3.05, 3.63) is 57.5 Å². The van der Waals surface area contributed by atoms with Crippen molar-refractivity contribution in [2.75, 3.05) is 0 Å². The van der Waals surface area contributed by atoms with E-state index in [1.807, 2.05) is 24.4 Å². The zero-order valence-electron chi connectivity index (χ0n) is 11.4. The molecule has 1 N–H and O–H groups in total. The fourth-order valence-corrected chi connectivity index (χ4v) is 2.96. The van der Waals surface area contributed by atoms with E-state index >= 15 is 0 Å². The third-order valence-electron chi connectivity index (χ3n) is 3.18. The SMILES string of the molecule is CCC(NCc1ccc(F)c(C(F)(F)F)c1)c1cccs1. The molecule has 6 heteroatoms. The van der Waals surface area contributed by atoms with Gasteiger partial charge in [0.2, 0.25) is 0 Å². The van der Waals surface area contributed by atoms with Gasteiger partial charge in [-0.3, -0.25) is 0 Å². The van der Waals surface area contributed by atoms with E-state index in [0.717, 1.165) is 23.4 Å². The van der Waals surface area contributed by atoms with Crippen molar-refractivity contribution in [2.45, 2.75) is 32.1 Å². The first-order valence-corrected chi connectivity index (χ1v) is 7.42. The summed E-state index contributed by atoms with van der Waals surface area (Å²) in [5.74, 6) is -1.24. The molecule has 0 amide bonds. The minimum absolute atomic E-state index is 0.0874. The average molecular weight is 317 g/mol. The van der Waals surface area contributed by atoms with Crippen molar-refractivity contribution in [3.63, 3.8) is 0 Å². The van der Waals surface area contributed by atoms with E-state index in [4.69, 9.17) is 0 Å². The van der Waals surface area contributed by atoms with Gasteiger partial charge in [-0.15, -0.1) is 11.3 Å². The second kappa shape index (κ2) is 6.58. The Hall–Kier alpha value is -1.40. The maximum atomic E-state index is 13.2. The lowest BCUT2D eigenvalue weighted by Crippen LogP contribution is -2.20. The molecule has 114 valence electrons. The second-order valence-corrected chi connectivity index (χ2v) is 5.65. The van der Waals surface area contributed by atoms with E-state index in [1.54, 1.807) is 11.3 Å². The predicted molar refractivity (Wildman–Crippen MR) is 75.6 cm³/mol. The standard InChI is InChI=1S/C15H15F4NS/c1-2-13(14-4-3-7-21-14)20-9-10-5-6-12(16)11(8-10)15(17,18)19/h3-8,13,20H,2,9H2,1H3. The van der Waals surface area contributed by atoms with Crippen LogP contribution >= 0.6 is 11.3 Å². The Morgan fingerprint density at radius 2 is 2.00 bits per heavy atom. The molecule has 2 aromatic rings. The minimum Gasteiger partial charge on any atom is -0.305 e. The number of nitrogens with one attached hydrogen (secondary N) is 1. The van der Waals surface area contributed by atoms with Crippen LogP contribution in [0.25, 0.3) is 0 Å². The molecule has 0 aliphatic rings. The minimum atomic E-state index is -4.67. The third-order valence-corrected chi connectivity index (χ3v) is 4.17. The van der Waals surface area contributed by atoms with Crippen LogP contribution < -0.4 is 5.32 Å². The van der Waals surface area contributed by atoms with Crippen molar-refractivity contribution in [1.82, 2.24) is 5.32 Å². The Morgan fingerprint density at radius 3 is 2.57 bits per heavy atom. The summed E-state index contributed by atoms with van der Waals surface area (Å²) in [7, 11) is 0. The topological polar surface area (TPSA) is 12.0 Å². The van der Waals surface area contributed by atoms with Crippen LogP contribution in [-0.2, 0) is 12.7 Å². The summed E-state index contributed by atoms with van der Waals surface area (Å²) < 4.78 is 51.2. The van der Waals surface area contributed by atoms with E-state index in [2.05, 4.69) is 5.32 Å². The number of thiophene rings is 1. The Bertz CT molecular complexity index is 578. The first-order chi connectivity index (χ1) is 9.91. The number of hydrogen-bond donors (Lipinski definition) is 1. The molecular weight excluding hydrogens is 302 g/mol. The number of rotatable bonds is 5. The molecule has 1 unspecified atom stereocenters. The monoisotopic (exact) mass is 317 g/mol. The summed E-state index contributed by atoms with van der Waals surface area (Å²) in [6, 6.07) is 7.11. The van der Waals surface area contributed by atoms with E-state index in [-0.39, 0.29) is 12.6 Å². The molecular formula is C15H15F4NS. The summed E-state index contributed by atoms with van der Waals surface area (Å²) >= 11 is 1.60. The first-order valence-electron chi connectivity index (χ1n) is 6.54. The first kappa shape index (κ1) is 16.0. The fourth-order valence-electron chi connectivity index (χ4n) is 2.08. The van der Waals surface area contributed by atoms with Gasteiger partial charge in [0.15, 0.2) is 0 Å². The molecule has 0 fully saturated rings. The number of hydrogen-bond acceptors (Lipinski definition) is 2. The number of alkyl halides is 3. The largest absolute Gasteiger partial charge is 0.419 e. The maximum Gasteiger partial charge on any atom is 0.419 e. The number of benzene rings is 1. The Labute approximate surface area is 124 Å².